The van der Waals surface area contributed by atoms with Gasteiger partial charge in [0.2, 0.25) is 0 Å². The zero-order valence-electron chi connectivity index (χ0n) is 17.1. The number of hydrogen-bond donors (Lipinski definition) is 2. The highest BCUT2D eigenvalue weighted by atomic mass is 32.1. The molecule has 1 aromatic heterocycles. The summed E-state index contributed by atoms with van der Waals surface area (Å²) in [6.07, 6.45) is 0.956. The number of aryl methyl sites for hydroxylation is 2. The molecule has 2 unspecified atom stereocenters. The van der Waals surface area contributed by atoms with Gasteiger partial charge in [-0.15, -0.1) is 12.6 Å². The summed E-state index contributed by atoms with van der Waals surface area (Å²) in [5.41, 5.74) is 9.61. The molecule has 3 atom stereocenters. The van der Waals surface area contributed by atoms with Crippen molar-refractivity contribution < 1.29 is 4.79 Å². The van der Waals surface area contributed by atoms with Crippen LogP contribution in [0.1, 0.15) is 39.8 Å². The minimum atomic E-state index is 0.0559. The van der Waals surface area contributed by atoms with Gasteiger partial charge in [0.05, 0.1) is 17.0 Å². The van der Waals surface area contributed by atoms with Gasteiger partial charge in [-0.1, -0.05) is 30.3 Å². The van der Waals surface area contributed by atoms with Gasteiger partial charge >= 0.3 is 0 Å². The molecule has 0 spiro atoms. The maximum Gasteiger partial charge on any atom is 0.257 e. The third kappa shape index (κ3) is 4.32. The molecule has 29 heavy (non-hydrogen) atoms. The van der Waals surface area contributed by atoms with Crippen LogP contribution in [0.25, 0.3) is 0 Å². The molecule has 2 aromatic rings. The monoisotopic (exact) mass is 411 g/mol. The van der Waals surface area contributed by atoms with Crippen molar-refractivity contribution in [2.75, 3.05) is 32.7 Å². The summed E-state index contributed by atoms with van der Waals surface area (Å²) in [5, 5.41) is 0.416. The lowest BCUT2D eigenvalue weighted by molar-refractivity contribution is 0.0771. The molecule has 0 radical (unpaired) electrons. The number of aromatic nitrogens is 2. The number of nitrogens with two attached hydrogens (primary N) is 1. The van der Waals surface area contributed by atoms with Gasteiger partial charge in [-0.05, 0) is 44.2 Å². The molecule has 2 saturated heterocycles. The van der Waals surface area contributed by atoms with E-state index >= 15 is 0 Å². The fourth-order valence-corrected chi connectivity index (χ4v) is 5.09. The van der Waals surface area contributed by atoms with E-state index in [2.05, 4.69) is 39.6 Å². The number of rotatable bonds is 5. The molecular weight excluding hydrogens is 382 g/mol. The van der Waals surface area contributed by atoms with Crippen LogP contribution in [0.5, 0.6) is 0 Å². The number of carbonyl (C=O) groups excluding carboxylic acids is 1. The van der Waals surface area contributed by atoms with Gasteiger partial charge in [-0.3, -0.25) is 4.79 Å². The molecule has 2 fully saturated rings. The number of fused-ring (bicyclic) bond motifs is 1. The maximum atomic E-state index is 13.1. The normalized spacial score (nSPS) is 22.7. The van der Waals surface area contributed by atoms with Crippen molar-refractivity contribution in [1.82, 2.24) is 19.8 Å². The molecule has 1 aromatic carbocycles. The molecule has 7 heteroatoms. The molecule has 1 amide bonds. The summed E-state index contributed by atoms with van der Waals surface area (Å²) in [4.78, 5) is 26.1. The lowest BCUT2D eigenvalue weighted by Gasteiger charge is -2.23. The first-order valence-corrected chi connectivity index (χ1v) is 10.7. The Labute approximate surface area is 177 Å². The Balaban J connectivity index is 1.32. The van der Waals surface area contributed by atoms with Gasteiger partial charge < -0.3 is 15.5 Å². The zero-order chi connectivity index (χ0) is 20.5. The summed E-state index contributed by atoms with van der Waals surface area (Å²) >= 11 is 4.21. The van der Waals surface area contributed by atoms with Gasteiger partial charge in [-0.2, -0.15) is 0 Å². The van der Waals surface area contributed by atoms with Crippen LogP contribution in [0.15, 0.2) is 35.5 Å². The number of benzene rings is 1. The Hall–Kier alpha value is -1.96. The zero-order valence-corrected chi connectivity index (χ0v) is 18.0. The highest BCUT2D eigenvalue weighted by Crippen LogP contribution is 2.33. The van der Waals surface area contributed by atoms with E-state index in [1.807, 2.05) is 36.9 Å². The lowest BCUT2D eigenvalue weighted by Crippen LogP contribution is -2.35. The molecule has 154 valence electrons. The fraction of sp³-hybridized carbons (Fsp3) is 0.500. The number of carbonyl (C=O) groups is 1. The highest BCUT2D eigenvalue weighted by Gasteiger charge is 2.42. The summed E-state index contributed by atoms with van der Waals surface area (Å²) < 4.78 is 0. The standard InChI is InChI=1S/C22H29N5OS/c1-14-20(15(2)25-22(29)24-14)21(28)27-12-17-10-26(11-18(17)13-27)9-8-19(23)16-6-4-3-5-7-16/h3-7,17-19H,8-13,23H2,1-2H3,(H,24,25,29)/t17?,18?,19-/m0/s1. The van der Waals surface area contributed by atoms with Crippen molar-refractivity contribution in [3.63, 3.8) is 0 Å². The topological polar surface area (TPSA) is 75.4 Å². The molecule has 6 nitrogen and oxygen atoms in total. The van der Waals surface area contributed by atoms with Crippen LogP contribution in [0.3, 0.4) is 0 Å². The number of likely N-dealkylation sites (tertiary alicyclic amines) is 2. The minimum Gasteiger partial charge on any atom is -0.338 e. The summed E-state index contributed by atoms with van der Waals surface area (Å²) in [5.74, 6) is 1.13. The molecule has 0 bridgehead atoms. The first-order valence-electron chi connectivity index (χ1n) is 10.3. The van der Waals surface area contributed by atoms with Crippen LogP contribution in [0.2, 0.25) is 0 Å². The van der Waals surface area contributed by atoms with Crippen LogP contribution in [-0.4, -0.2) is 58.4 Å². The van der Waals surface area contributed by atoms with E-state index in [4.69, 9.17) is 5.73 Å². The maximum absolute atomic E-state index is 13.1. The summed E-state index contributed by atoms with van der Waals surface area (Å²) in [6, 6.07) is 10.4. The third-order valence-electron chi connectivity index (χ3n) is 6.31. The molecule has 3 heterocycles. The number of hydrogen-bond acceptors (Lipinski definition) is 6. The van der Waals surface area contributed by atoms with Crippen LogP contribution in [-0.2, 0) is 0 Å². The van der Waals surface area contributed by atoms with Crippen molar-refractivity contribution in [2.24, 2.45) is 17.6 Å². The average Bonchev–Trinajstić information content (AvgIpc) is 3.24. The van der Waals surface area contributed by atoms with Gasteiger partial charge in [0.15, 0.2) is 5.16 Å². The largest absolute Gasteiger partial charge is 0.338 e. The van der Waals surface area contributed by atoms with E-state index in [1.54, 1.807) is 0 Å². The molecule has 0 aliphatic carbocycles. The Morgan fingerprint density at radius 2 is 1.69 bits per heavy atom. The molecule has 2 N–H and O–H groups in total. The van der Waals surface area contributed by atoms with Crippen molar-refractivity contribution in [2.45, 2.75) is 31.5 Å². The molecule has 2 aliphatic rings. The predicted molar refractivity (Wildman–Crippen MR) is 116 cm³/mol. The summed E-state index contributed by atoms with van der Waals surface area (Å²) in [7, 11) is 0. The van der Waals surface area contributed by atoms with E-state index in [0.717, 1.165) is 39.1 Å². The predicted octanol–water partition coefficient (Wildman–Crippen LogP) is 2.48. The minimum absolute atomic E-state index is 0.0559. The number of thiol groups is 1. The molecule has 4 rings (SSSR count). The first kappa shape index (κ1) is 20.3. The van der Waals surface area contributed by atoms with Crippen LogP contribution >= 0.6 is 12.6 Å². The van der Waals surface area contributed by atoms with Crippen molar-refractivity contribution in [1.29, 1.82) is 0 Å². The van der Waals surface area contributed by atoms with Crippen LogP contribution in [0, 0.1) is 25.7 Å². The van der Waals surface area contributed by atoms with Gasteiger partial charge in [0, 0.05) is 32.2 Å². The Morgan fingerprint density at radius 1 is 1.10 bits per heavy atom. The smallest absolute Gasteiger partial charge is 0.257 e. The second-order valence-electron chi connectivity index (χ2n) is 8.37. The average molecular weight is 412 g/mol. The second-order valence-corrected chi connectivity index (χ2v) is 8.77. The van der Waals surface area contributed by atoms with E-state index in [0.29, 0.717) is 33.9 Å². The third-order valence-corrected chi connectivity index (χ3v) is 6.51. The van der Waals surface area contributed by atoms with E-state index in [9.17, 15) is 4.79 Å². The number of nitrogens with zero attached hydrogens (tertiary/aromatic N) is 4. The molecular formula is C22H29N5OS. The van der Waals surface area contributed by atoms with E-state index in [1.165, 1.54) is 5.56 Å². The Morgan fingerprint density at radius 3 is 2.28 bits per heavy atom. The van der Waals surface area contributed by atoms with Gasteiger partial charge in [0.1, 0.15) is 0 Å². The summed E-state index contributed by atoms with van der Waals surface area (Å²) in [6.45, 7) is 8.43. The second kappa shape index (κ2) is 8.42. The SMILES string of the molecule is Cc1nc(S)nc(C)c1C(=O)N1CC2CN(CC[C@H](N)c3ccccc3)CC2C1. The van der Waals surface area contributed by atoms with E-state index in [-0.39, 0.29) is 11.9 Å². The Bertz CT molecular complexity index is 853. The van der Waals surface area contributed by atoms with Crippen molar-refractivity contribution >= 4 is 18.5 Å². The molecule has 0 saturated carbocycles. The fourth-order valence-electron chi connectivity index (χ4n) is 4.79. The highest BCUT2D eigenvalue weighted by molar-refractivity contribution is 7.80. The van der Waals surface area contributed by atoms with Crippen molar-refractivity contribution in [3.8, 4) is 0 Å². The molecule has 2 aliphatic heterocycles. The van der Waals surface area contributed by atoms with Crippen molar-refractivity contribution in [3.05, 3.63) is 52.8 Å². The van der Waals surface area contributed by atoms with Crippen LogP contribution < -0.4 is 5.73 Å². The van der Waals surface area contributed by atoms with E-state index < -0.39 is 0 Å². The quantitative estimate of drug-likeness (QED) is 0.584. The first-order chi connectivity index (χ1) is 13.9. The van der Waals surface area contributed by atoms with Gasteiger partial charge in [0.25, 0.3) is 5.91 Å². The lowest BCUT2D eigenvalue weighted by atomic mass is 10.0. The van der Waals surface area contributed by atoms with Gasteiger partial charge in [-0.25, -0.2) is 9.97 Å². The Kier molecular flexibility index (Phi) is 5.90. The number of amides is 1. The van der Waals surface area contributed by atoms with Crippen LogP contribution in [0.4, 0.5) is 0 Å².